The Labute approximate surface area is 180 Å². The molecule has 152 valence electrons. The highest BCUT2D eigenvalue weighted by Crippen LogP contribution is 2.24. The van der Waals surface area contributed by atoms with Crippen LogP contribution in [0.2, 0.25) is 0 Å². The monoisotopic (exact) mass is 408 g/mol. The van der Waals surface area contributed by atoms with E-state index in [0.29, 0.717) is 33.8 Å². The van der Waals surface area contributed by atoms with Crippen molar-refractivity contribution in [2.24, 2.45) is 0 Å². The highest BCUT2D eigenvalue weighted by molar-refractivity contribution is 6.11. The molecule has 0 amide bonds. The van der Waals surface area contributed by atoms with Crippen LogP contribution in [-0.4, -0.2) is 18.4 Å². The Morgan fingerprint density at radius 2 is 0.839 bits per heavy atom. The quantitative estimate of drug-likeness (QED) is 0.283. The van der Waals surface area contributed by atoms with Crippen LogP contribution in [0.5, 0.6) is 11.5 Å². The van der Waals surface area contributed by atoms with Crippen molar-refractivity contribution in [3.8, 4) is 11.5 Å². The molecular weight excluding hydrogens is 388 g/mol. The predicted octanol–water partition coefficient (Wildman–Crippen LogP) is 5.56. The molecule has 4 aromatic rings. The van der Waals surface area contributed by atoms with Gasteiger partial charge >= 0.3 is 0 Å². The summed E-state index contributed by atoms with van der Waals surface area (Å²) in [5.74, 6) is 0.582. The molecule has 4 aromatic carbocycles. The van der Waals surface area contributed by atoms with E-state index in [4.69, 9.17) is 9.47 Å². The van der Waals surface area contributed by atoms with Gasteiger partial charge in [0, 0.05) is 11.1 Å². The first-order valence-corrected chi connectivity index (χ1v) is 9.87. The van der Waals surface area contributed by atoms with Gasteiger partial charge in [-0.2, -0.15) is 0 Å². The van der Waals surface area contributed by atoms with Crippen LogP contribution in [0.4, 0.5) is 0 Å². The van der Waals surface area contributed by atoms with Gasteiger partial charge in [-0.05, 0) is 24.3 Å². The van der Waals surface area contributed by atoms with E-state index in [1.165, 1.54) is 0 Å². The molecule has 0 aliphatic carbocycles. The van der Waals surface area contributed by atoms with Crippen molar-refractivity contribution < 1.29 is 19.1 Å². The smallest absolute Gasteiger partial charge is 0.230 e. The van der Waals surface area contributed by atoms with Crippen molar-refractivity contribution in [3.05, 3.63) is 131 Å². The Hall–Kier alpha value is -4.18. The van der Waals surface area contributed by atoms with Gasteiger partial charge in [0.2, 0.25) is 6.79 Å². The van der Waals surface area contributed by atoms with Gasteiger partial charge in [0.05, 0.1) is 11.1 Å². The van der Waals surface area contributed by atoms with Crippen molar-refractivity contribution >= 4 is 11.6 Å². The largest absolute Gasteiger partial charge is 0.457 e. The first-order chi connectivity index (χ1) is 15.2. The Kier molecular flexibility index (Phi) is 6.19. The van der Waals surface area contributed by atoms with Crippen molar-refractivity contribution in [3.63, 3.8) is 0 Å². The molecule has 0 fully saturated rings. The number of ketones is 2. The molecule has 0 aliphatic rings. The molecule has 0 atom stereocenters. The average molecular weight is 408 g/mol. The third-order valence-electron chi connectivity index (χ3n) is 4.76. The summed E-state index contributed by atoms with van der Waals surface area (Å²) in [6, 6.07) is 32.1. The van der Waals surface area contributed by atoms with Crippen molar-refractivity contribution in [1.29, 1.82) is 0 Å². The summed E-state index contributed by atoms with van der Waals surface area (Å²) in [6.45, 7) is -0.141. The number of carbonyl (C=O) groups excluding carboxylic acids is 2. The van der Waals surface area contributed by atoms with Crippen molar-refractivity contribution in [2.45, 2.75) is 0 Å². The first-order valence-electron chi connectivity index (χ1n) is 9.87. The number of ether oxygens (including phenoxy) is 2. The molecule has 0 spiro atoms. The lowest BCUT2D eigenvalue weighted by molar-refractivity contribution is 0.0992. The van der Waals surface area contributed by atoms with Crippen LogP contribution < -0.4 is 9.47 Å². The van der Waals surface area contributed by atoms with E-state index in [-0.39, 0.29) is 18.4 Å². The third kappa shape index (κ3) is 4.70. The van der Waals surface area contributed by atoms with E-state index < -0.39 is 0 Å². The molecule has 0 bridgehead atoms. The minimum atomic E-state index is -0.141. The fraction of sp³-hybridized carbons (Fsp3) is 0.0370. The summed E-state index contributed by atoms with van der Waals surface area (Å²) in [5.41, 5.74) is 2.06. The van der Waals surface area contributed by atoms with Gasteiger partial charge in [0.25, 0.3) is 0 Å². The normalized spacial score (nSPS) is 10.3. The van der Waals surface area contributed by atoms with E-state index in [1.54, 1.807) is 72.8 Å². The predicted molar refractivity (Wildman–Crippen MR) is 119 cm³/mol. The second-order valence-corrected chi connectivity index (χ2v) is 6.79. The highest BCUT2D eigenvalue weighted by Gasteiger charge is 2.16. The molecule has 4 heteroatoms. The molecule has 0 unspecified atom stereocenters. The molecule has 31 heavy (non-hydrogen) atoms. The zero-order valence-corrected chi connectivity index (χ0v) is 16.7. The summed E-state index contributed by atoms with van der Waals surface area (Å²) in [5, 5.41) is 0. The number of carbonyl (C=O) groups is 2. The van der Waals surface area contributed by atoms with Crippen LogP contribution in [0.15, 0.2) is 109 Å². The third-order valence-corrected chi connectivity index (χ3v) is 4.76. The topological polar surface area (TPSA) is 52.6 Å². The maximum absolute atomic E-state index is 12.8. The molecule has 0 heterocycles. The summed E-state index contributed by atoms with van der Waals surface area (Å²) >= 11 is 0. The van der Waals surface area contributed by atoms with Gasteiger partial charge in [-0.1, -0.05) is 84.9 Å². The molecule has 0 N–H and O–H groups in total. The lowest BCUT2D eigenvalue weighted by Gasteiger charge is -2.14. The van der Waals surface area contributed by atoms with E-state index in [2.05, 4.69) is 0 Å². The Morgan fingerprint density at radius 3 is 1.26 bits per heavy atom. The van der Waals surface area contributed by atoms with Gasteiger partial charge in [-0.15, -0.1) is 0 Å². The van der Waals surface area contributed by atoms with Gasteiger partial charge in [-0.25, -0.2) is 0 Å². The Morgan fingerprint density at radius 1 is 0.484 bits per heavy atom. The van der Waals surface area contributed by atoms with Crippen molar-refractivity contribution in [2.75, 3.05) is 6.79 Å². The molecule has 0 saturated heterocycles. The molecule has 0 aromatic heterocycles. The summed E-state index contributed by atoms with van der Waals surface area (Å²) in [4.78, 5) is 25.7. The van der Waals surface area contributed by atoms with Crippen LogP contribution >= 0.6 is 0 Å². The van der Waals surface area contributed by atoms with E-state index in [1.807, 2.05) is 36.4 Å². The second-order valence-electron chi connectivity index (χ2n) is 6.79. The van der Waals surface area contributed by atoms with Gasteiger partial charge in [0.15, 0.2) is 11.6 Å². The van der Waals surface area contributed by atoms with Crippen LogP contribution in [0, 0.1) is 0 Å². The van der Waals surface area contributed by atoms with Crippen LogP contribution in [0.1, 0.15) is 31.8 Å². The number of hydrogen-bond acceptors (Lipinski definition) is 4. The molecule has 4 nitrogen and oxygen atoms in total. The molecule has 0 radical (unpaired) electrons. The highest BCUT2D eigenvalue weighted by atomic mass is 16.7. The minimum Gasteiger partial charge on any atom is -0.457 e. The average Bonchev–Trinajstić information content (AvgIpc) is 2.85. The summed E-state index contributed by atoms with van der Waals surface area (Å²) < 4.78 is 11.5. The zero-order valence-electron chi connectivity index (χ0n) is 16.7. The van der Waals surface area contributed by atoms with Gasteiger partial charge in [-0.3, -0.25) is 9.59 Å². The number of benzene rings is 4. The Balaban J connectivity index is 1.49. The lowest BCUT2D eigenvalue weighted by Crippen LogP contribution is -2.12. The molecular formula is C27H20O4. The SMILES string of the molecule is O=C(c1ccccc1)c1ccccc1OCOc1ccccc1C(=O)c1ccccc1. The van der Waals surface area contributed by atoms with Crippen LogP contribution in [-0.2, 0) is 0 Å². The van der Waals surface area contributed by atoms with Crippen LogP contribution in [0.3, 0.4) is 0 Å². The van der Waals surface area contributed by atoms with E-state index >= 15 is 0 Å². The lowest BCUT2D eigenvalue weighted by atomic mass is 10.0. The molecule has 0 saturated carbocycles. The first kappa shape index (κ1) is 20.1. The van der Waals surface area contributed by atoms with Crippen molar-refractivity contribution in [1.82, 2.24) is 0 Å². The molecule has 4 rings (SSSR count). The number of para-hydroxylation sites is 2. The Bertz CT molecular complexity index is 1090. The van der Waals surface area contributed by atoms with E-state index in [0.717, 1.165) is 0 Å². The fourth-order valence-electron chi connectivity index (χ4n) is 3.21. The van der Waals surface area contributed by atoms with Gasteiger partial charge in [0.1, 0.15) is 11.5 Å². The fourth-order valence-corrected chi connectivity index (χ4v) is 3.21. The maximum atomic E-state index is 12.8. The summed E-state index contributed by atoms with van der Waals surface area (Å²) in [6.07, 6.45) is 0. The molecule has 0 aliphatic heterocycles. The van der Waals surface area contributed by atoms with E-state index in [9.17, 15) is 9.59 Å². The van der Waals surface area contributed by atoms with Gasteiger partial charge < -0.3 is 9.47 Å². The number of hydrogen-bond donors (Lipinski definition) is 0. The van der Waals surface area contributed by atoms with Crippen LogP contribution in [0.25, 0.3) is 0 Å². The summed E-state index contributed by atoms with van der Waals surface area (Å²) in [7, 11) is 0. The second kappa shape index (κ2) is 9.55. The maximum Gasteiger partial charge on any atom is 0.230 e. The zero-order chi connectivity index (χ0) is 21.5. The standard InChI is InChI=1S/C27H20O4/c28-26(20-11-3-1-4-12-20)22-15-7-9-17-24(22)30-19-31-25-18-10-8-16-23(25)27(29)21-13-5-2-6-14-21/h1-18H,19H2. The minimum absolute atomic E-state index is 0.129. The number of rotatable bonds is 8.